The molecule has 4 nitrogen and oxygen atoms in total. The molecule has 4 aromatic rings. The van der Waals surface area contributed by atoms with Crippen molar-refractivity contribution in [3.8, 4) is 22.8 Å². The van der Waals surface area contributed by atoms with Gasteiger partial charge in [-0.1, -0.05) is 78.3 Å². The van der Waals surface area contributed by atoms with Gasteiger partial charge in [-0.05, 0) is 17.7 Å². The molecule has 0 saturated heterocycles. The average molecular weight is 389 g/mol. The summed E-state index contributed by atoms with van der Waals surface area (Å²) in [5.74, 6) is 0.254. The third-order valence-corrected chi connectivity index (χ3v) is 4.89. The van der Waals surface area contributed by atoms with E-state index >= 15 is 0 Å². The van der Waals surface area contributed by atoms with Crippen molar-refractivity contribution in [1.82, 2.24) is 9.55 Å². The first-order valence-electron chi connectivity index (χ1n) is 8.84. The Labute approximate surface area is 167 Å². The zero-order valence-corrected chi connectivity index (χ0v) is 15.7. The summed E-state index contributed by atoms with van der Waals surface area (Å²) in [6.07, 6.45) is 1.89. The number of hydrogen-bond donors (Lipinski definition) is 1. The molecule has 4 rings (SSSR count). The van der Waals surface area contributed by atoms with Crippen LogP contribution in [0.5, 0.6) is 5.75 Å². The van der Waals surface area contributed by atoms with Gasteiger partial charge in [-0.15, -0.1) is 0 Å². The van der Waals surface area contributed by atoms with Crippen LogP contribution >= 0.6 is 11.6 Å². The monoisotopic (exact) mass is 388 g/mol. The molecular weight excluding hydrogens is 372 g/mol. The second-order valence-electron chi connectivity index (χ2n) is 6.35. The summed E-state index contributed by atoms with van der Waals surface area (Å²) >= 11 is 6.59. The number of pyridine rings is 2. The maximum absolute atomic E-state index is 13.4. The minimum atomic E-state index is -0.344. The SMILES string of the molecule is O=c1c(Cc2ccccc2)c(O)c(Cl)c(-c2ccccc2)n1-c1ccccn1. The van der Waals surface area contributed by atoms with E-state index in [-0.39, 0.29) is 28.3 Å². The predicted octanol–water partition coefficient (Wildman–Crippen LogP) is 4.85. The quantitative estimate of drug-likeness (QED) is 0.543. The lowest BCUT2D eigenvalue weighted by molar-refractivity contribution is 0.467. The molecule has 0 bridgehead atoms. The summed E-state index contributed by atoms with van der Waals surface area (Å²) in [5, 5.41) is 10.9. The number of rotatable bonds is 4. The van der Waals surface area contributed by atoms with Crippen LogP contribution < -0.4 is 5.56 Å². The molecule has 0 fully saturated rings. The molecule has 1 N–H and O–H groups in total. The first kappa shape index (κ1) is 18.0. The van der Waals surface area contributed by atoms with E-state index < -0.39 is 0 Å². The molecule has 28 heavy (non-hydrogen) atoms. The Kier molecular flexibility index (Phi) is 4.96. The highest BCUT2D eigenvalue weighted by atomic mass is 35.5. The molecule has 0 radical (unpaired) electrons. The topological polar surface area (TPSA) is 55.1 Å². The van der Waals surface area contributed by atoms with Crippen LogP contribution in [0.15, 0.2) is 89.9 Å². The van der Waals surface area contributed by atoms with Gasteiger partial charge in [0, 0.05) is 18.2 Å². The minimum Gasteiger partial charge on any atom is -0.506 e. The van der Waals surface area contributed by atoms with Crippen molar-refractivity contribution in [2.45, 2.75) is 6.42 Å². The van der Waals surface area contributed by atoms with Gasteiger partial charge in [-0.2, -0.15) is 0 Å². The smallest absolute Gasteiger partial charge is 0.264 e. The van der Waals surface area contributed by atoms with E-state index in [1.54, 1.807) is 24.4 Å². The molecule has 0 aliphatic heterocycles. The molecule has 138 valence electrons. The fraction of sp³-hybridized carbons (Fsp3) is 0.0435. The maximum Gasteiger partial charge on any atom is 0.264 e. The summed E-state index contributed by atoms with van der Waals surface area (Å²) < 4.78 is 1.47. The predicted molar refractivity (Wildman–Crippen MR) is 111 cm³/mol. The zero-order valence-electron chi connectivity index (χ0n) is 14.9. The van der Waals surface area contributed by atoms with Crippen LogP contribution in [-0.4, -0.2) is 14.7 Å². The number of aromatic nitrogens is 2. The highest BCUT2D eigenvalue weighted by molar-refractivity contribution is 6.34. The third kappa shape index (κ3) is 3.30. The normalized spacial score (nSPS) is 10.8. The van der Waals surface area contributed by atoms with Crippen LogP contribution in [0.25, 0.3) is 17.1 Å². The molecule has 5 heteroatoms. The van der Waals surface area contributed by atoms with Crippen molar-refractivity contribution in [3.63, 3.8) is 0 Å². The van der Waals surface area contributed by atoms with E-state index in [4.69, 9.17) is 11.6 Å². The summed E-state index contributed by atoms with van der Waals surface area (Å²) in [6, 6.07) is 24.1. The molecule has 0 amide bonds. The first-order chi connectivity index (χ1) is 13.7. The fourth-order valence-corrected chi connectivity index (χ4v) is 3.50. The van der Waals surface area contributed by atoms with Crippen molar-refractivity contribution < 1.29 is 5.11 Å². The van der Waals surface area contributed by atoms with Gasteiger partial charge < -0.3 is 5.11 Å². The van der Waals surface area contributed by atoms with E-state index in [2.05, 4.69) is 4.98 Å². The third-order valence-electron chi connectivity index (χ3n) is 4.54. The van der Waals surface area contributed by atoms with Crippen LogP contribution in [0.4, 0.5) is 0 Å². The highest BCUT2D eigenvalue weighted by Crippen LogP contribution is 2.37. The van der Waals surface area contributed by atoms with Gasteiger partial charge in [-0.25, -0.2) is 4.98 Å². The number of benzene rings is 2. The molecule has 2 heterocycles. The number of nitrogens with zero attached hydrogens (tertiary/aromatic N) is 2. The fourth-order valence-electron chi connectivity index (χ4n) is 3.20. The molecule has 0 saturated carbocycles. The standard InChI is InChI=1S/C23H17ClN2O2/c24-20-21(17-11-5-2-6-12-17)26(19-13-7-8-14-25-19)23(28)18(22(20)27)15-16-9-3-1-4-10-16/h1-14,27H,15H2. The molecule has 2 aromatic carbocycles. The molecule has 0 atom stereocenters. The Morgan fingerprint density at radius 3 is 2.18 bits per heavy atom. The average Bonchev–Trinajstić information content (AvgIpc) is 2.75. The lowest BCUT2D eigenvalue weighted by Crippen LogP contribution is -2.25. The summed E-state index contributed by atoms with van der Waals surface area (Å²) in [6.45, 7) is 0. The van der Waals surface area contributed by atoms with Crippen LogP contribution in [0.3, 0.4) is 0 Å². The lowest BCUT2D eigenvalue weighted by Gasteiger charge is -2.18. The minimum absolute atomic E-state index is 0.127. The first-order valence-corrected chi connectivity index (χ1v) is 9.21. The van der Waals surface area contributed by atoms with Gasteiger partial charge in [0.1, 0.15) is 16.6 Å². The van der Waals surface area contributed by atoms with Crippen LogP contribution in [-0.2, 0) is 6.42 Å². The largest absolute Gasteiger partial charge is 0.506 e. The Balaban J connectivity index is 2.02. The number of hydrogen-bond acceptors (Lipinski definition) is 3. The maximum atomic E-state index is 13.4. The van der Waals surface area contributed by atoms with Crippen LogP contribution in [0.1, 0.15) is 11.1 Å². The molecule has 0 aliphatic carbocycles. The van der Waals surface area contributed by atoms with Crippen molar-refractivity contribution in [2.75, 3.05) is 0 Å². The summed E-state index contributed by atoms with van der Waals surface area (Å²) in [7, 11) is 0. The Morgan fingerprint density at radius 2 is 1.54 bits per heavy atom. The highest BCUT2D eigenvalue weighted by Gasteiger charge is 2.23. The molecule has 2 aromatic heterocycles. The molecule has 0 unspecified atom stereocenters. The lowest BCUT2D eigenvalue weighted by atomic mass is 10.0. The van der Waals surface area contributed by atoms with Gasteiger partial charge in [0.2, 0.25) is 0 Å². The van der Waals surface area contributed by atoms with Gasteiger partial charge in [-0.3, -0.25) is 9.36 Å². The number of halogens is 1. The van der Waals surface area contributed by atoms with Gasteiger partial charge in [0.05, 0.1) is 11.3 Å². The molecular formula is C23H17ClN2O2. The molecule has 0 spiro atoms. The molecule has 0 aliphatic rings. The van der Waals surface area contributed by atoms with Crippen molar-refractivity contribution >= 4 is 11.6 Å². The van der Waals surface area contributed by atoms with Crippen LogP contribution in [0, 0.1) is 0 Å². The van der Waals surface area contributed by atoms with Crippen LogP contribution in [0.2, 0.25) is 5.02 Å². The second-order valence-corrected chi connectivity index (χ2v) is 6.72. The van der Waals surface area contributed by atoms with Gasteiger partial charge in [0.25, 0.3) is 5.56 Å². The summed E-state index contributed by atoms with van der Waals surface area (Å²) in [4.78, 5) is 17.8. The van der Waals surface area contributed by atoms with E-state index in [1.165, 1.54) is 4.57 Å². The van der Waals surface area contributed by atoms with E-state index in [9.17, 15) is 9.90 Å². The number of aromatic hydroxyl groups is 1. The van der Waals surface area contributed by atoms with E-state index in [0.717, 1.165) is 11.1 Å². The Hall–Kier alpha value is -3.37. The van der Waals surface area contributed by atoms with Gasteiger partial charge in [0.15, 0.2) is 0 Å². The van der Waals surface area contributed by atoms with E-state index in [1.807, 2.05) is 60.7 Å². The second kappa shape index (κ2) is 7.71. The van der Waals surface area contributed by atoms with E-state index in [0.29, 0.717) is 11.5 Å². The van der Waals surface area contributed by atoms with Crippen molar-refractivity contribution in [3.05, 3.63) is 112 Å². The van der Waals surface area contributed by atoms with Crippen molar-refractivity contribution in [2.24, 2.45) is 0 Å². The van der Waals surface area contributed by atoms with Gasteiger partial charge >= 0.3 is 0 Å². The Bertz CT molecular complexity index is 1160. The van der Waals surface area contributed by atoms with Crippen molar-refractivity contribution in [1.29, 1.82) is 0 Å². The zero-order chi connectivity index (χ0) is 19.5. The summed E-state index contributed by atoms with van der Waals surface area (Å²) in [5.41, 5.74) is 1.94. The Morgan fingerprint density at radius 1 is 0.893 bits per heavy atom.